The molecule has 1 N–H and O–H groups in total. The number of nitrogens with zero attached hydrogens (tertiary/aromatic N) is 2. The zero-order chi connectivity index (χ0) is 15.5. The second kappa shape index (κ2) is 6.36. The number of aryl methyl sites for hydroxylation is 2. The summed E-state index contributed by atoms with van der Waals surface area (Å²) in [4.78, 5) is 18.7. The number of ether oxygens (including phenoxy) is 1. The van der Waals surface area contributed by atoms with E-state index in [0.717, 1.165) is 40.5 Å². The van der Waals surface area contributed by atoms with E-state index in [2.05, 4.69) is 16.4 Å². The summed E-state index contributed by atoms with van der Waals surface area (Å²) in [6.45, 7) is 3.11. The molecule has 0 fully saturated rings. The minimum atomic E-state index is -0.101. The van der Waals surface area contributed by atoms with Crippen LogP contribution in [0.25, 0.3) is 0 Å². The maximum Gasteiger partial charge on any atom is 0.322 e. The van der Waals surface area contributed by atoms with Gasteiger partial charge in [-0.15, -0.1) is 11.3 Å². The van der Waals surface area contributed by atoms with Gasteiger partial charge in [0.25, 0.3) is 0 Å². The Hall–Kier alpha value is -2.08. The summed E-state index contributed by atoms with van der Waals surface area (Å²) in [7, 11) is 1.64. The first-order chi connectivity index (χ1) is 10.7. The molecule has 1 aliphatic rings. The number of amides is 2. The van der Waals surface area contributed by atoms with Crippen LogP contribution in [0.5, 0.6) is 5.75 Å². The minimum absolute atomic E-state index is 0.101. The highest BCUT2D eigenvalue weighted by atomic mass is 32.1. The lowest BCUT2D eigenvalue weighted by Crippen LogP contribution is -2.42. The summed E-state index contributed by atoms with van der Waals surface area (Å²) >= 11 is 1.59. The number of aromatic nitrogens is 1. The van der Waals surface area contributed by atoms with E-state index in [1.54, 1.807) is 23.3 Å². The Morgan fingerprint density at radius 3 is 3.09 bits per heavy atom. The van der Waals surface area contributed by atoms with Crippen molar-refractivity contribution in [2.24, 2.45) is 0 Å². The monoisotopic (exact) mass is 317 g/mol. The van der Waals surface area contributed by atoms with Crippen molar-refractivity contribution >= 4 is 23.1 Å². The molecule has 0 aliphatic carbocycles. The molecular formula is C16H19N3O2S. The molecule has 1 aromatic carbocycles. The second-order valence-corrected chi connectivity index (χ2v) is 6.30. The van der Waals surface area contributed by atoms with Crippen LogP contribution in [0.2, 0.25) is 0 Å². The highest BCUT2D eigenvalue weighted by Gasteiger charge is 2.25. The lowest BCUT2D eigenvalue weighted by atomic mass is 10.0. The van der Waals surface area contributed by atoms with Gasteiger partial charge in [-0.05, 0) is 31.4 Å². The zero-order valence-corrected chi connectivity index (χ0v) is 13.6. The normalized spacial score (nSPS) is 13.6. The SMILES string of the molecule is COc1cccc2c1N(C(=O)NCc1csc(C)n1)CCC2. The summed E-state index contributed by atoms with van der Waals surface area (Å²) in [5.74, 6) is 0.747. The number of para-hydroxylation sites is 1. The average Bonchev–Trinajstić information content (AvgIpc) is 2.97. The van der Waals surface area contributed by atoms with Crippen LogP contribution < -0.4 is 15.0 Å². The highest BCUT2D eigenvalue weighted by molar-refractivity contribution is 7.09. The molecule has 0 saturated carbocycles. The van der Waals surface area contributed by atoms with E-state index in [-0.39, 0.29) is 6.03 Å². The molecule has 2 amide bonds. The molecule has 0 bridgehead atoms. The molecule has 0 radical (unpaired) electrons. The predicted molar refractivity (Wildman–Crippen MR) is 87.7 cm³/mol. The van der Waals surface area contributed by atoms with E-state index in [9.17, 15) is 4.79 Å². The summed E-state index contributed by atoms with van der Waals surface area (Å²) in [6.07, 6.45) is 1.94. The third-order valence-electron chi connectivity index (χ3n) is 3.73. The van der Waals surface area contributed by atoms with Crippen molar-refractivity contribution in [2.75, 3.05) is 18.6 Å². The van der Waals surface area contributed by atoms with Crippen LogP contribution in [0.4, 0.5) is 10.5 Å². The van der Waals surface area contributed by atoms with E-state index in [0.29, 0.717) is 13.1 Å². The Balaban J connectivity index is 1.77. The number of fused-ring (bicyclic) bond motifs is 1. The van der Waals surface area contributed by atoms with Crippen LogP contribution in [0, 0.1) is 6.92 Å². The summed E-state index contributed by atoms with van der Waals surface area (Å²) in [5, 5.41) is 5.93. The fourth-order valence-electron chi connectivity index (χ4n) is 2.73. The van der Waals surface area contributed by atoms with Gasteiger partial charge < -0.3 is 10.1 Å². The molecular weight excluding hydrogens is 298 g/mol. The first kappa shape index (κ1) is 14.8. The number of carbonyl (C=O) groups is 1. The largest absolute Gasteiger partial charge is 0.495 e. The number of rotatable bonds is 3. The van der Waals surface area contributed by atoms with E-state index >= 15 is 0 Å². The minimum Gasteiger partial charge on any atom is -0.495 e. The maximum absolute atomic E-state index is 12.5. The number of nitrogens with one attached hydrogen (secondary N) is 1. The molecule has 0 spiro atoms. The lowest BCUT2D eigenvalue weighted by molar-refractivity contribution is 0.245. The molecule has 1 aliphatic heterocycles. The van der Waals surface area contributed by atoms with Crippen molar-refractivity contribution in [2.45, 2.75) is 26.3 Å². The van der Waals surface area contributed by atoms with Crippen molar-refractivity contribution in [3.63, 3.8) is 0 Å². The number of hydrogen-bond donors (Lipinski definition) is 1. The number of hydrogen-bond acceptors (Lipinski definition) is 4. The summed E-state index contributed by atoms with van der Waals surface area (Å²) in [6, 6.07) is 5.82. The van der Waals surface area contributed by atoms with Crippen LogP contribution in [0.1, 0.15) is 22.7 Å². The maximum atomic E-state index is 12.5. The first-order valence-corrected chi connectivity index (χ1v) is 8.19. The van der Waals surface area contributed by atoms with Crippen LogP contribution >= 0.6 is 11.3 Å². The molecule has 0 unspecified atom stereocenters. The third kappa shape index (κ3) is 2.92. The van der Waals surface area contributed by atoms with Crippen LogP contribution in [0.3, 0.4) is 0 Å². The van der Waals surface area contributed by atoms with E-state index in [1.165, 1.54) is 0 Å². The molecule has 1 aromatic heterocycles. The van der Waals surface area contributed by atoms with Crippen LogP contribution in [-0.2, 0) is 13.0 Å². The van der Waals surface area contributed by atoms with Gasteiger partial charge in [-0.3, -0.25) is 4.90 Å². The van der Waals surface area contributed by atoms with E-state index in [4.69, 9.17) is 4.74 Å². The van der Waals surface area contributed by atoms with Gasteiger partial charge >= 0.3 is 6.03 Å². The smallest absolute Gasteiger partial charge is 0.322 e. The van der Waals surface area contributed by atoms with Crippen molar-refractivity contribution in [3.05, 3.63) is 39.8 Å². The molecule has 2 aromatic rings. The molecule has 3 rings (SSSR count). The molecule has 116 valence electrons. The highest BCUT2D eigenvalue weighted by Crippen LogP contribution is 2.36. The molecule has 22 heavy (non-hydrogen) atoms. The number of benzene rings is 1. The molecule has 6 heteroatoms. The fraction of sp³-hybridized carbons (Fsp3) is 0.375. The third-order valence-corrected chi connectivity index (χ3v) is 4.56. The van der Waals surface area contributed by atoms with Crippen molar-refractivity contribution < 1.29 is 9.53 Å². The Morgan fingerprint density at radius 2 is 2.36 bits per heavy atom. The average molecular weight is 317 g/mol. The van der Waals surface area contributed by atoms with Gasteiger partial charge in [-0.1, -0.05) is 12.1 Å². The summed E-state index contributed by atoms with van der Waals surface area (Å²) in [5.41, 5.74) is 2.95. The Morgan fingerprint density at radius 1 is 1.50 bits per heavy atom. The molecule has 0 atom stereocenters. The van der Waals surface area contributed by atoms with Crippen molar-refractivity contribution in [1.29, 1.82) is 0 Å². The number of anilines is 1. The van der Waals surface area contributed by atoms with Gasteiger partial charge in [0.05, 0.1) is 30.0 Å². The van der Waals surface area contributed by atoms with Gasteiger partial charge in [0.2, 0.25) is 0 Å². The van der Waals surface area contributed by atoms with Crippen molar-refractivity contribution in [1.82, 2.24) is 10.3 Å². The number of urea groups is 1. The standard InChI is InChI=1S/C16H19N3O2S/c1-11-18-13(10-22-11)9-17-16(20)19-8-4-6-12-5-3-7-14(21-2)15(12)19/h3,5,7,10H,4,6,8-9H2,1-2H3,(H,17,20). The molecule has 2 heterocycles. The Bertz CT molecular complexity index is 670. The quantitative estimate of drug-likeness (QED) is 0.946. The summed E-state index contributed by atoms with van der Waals surface area (Å²) < 4.78 is 5.43. The predicted octanol–water partition coefficient (Wildman–Crippen LogP) is 3.12. The molecule has 0 saturated heterocycles. The molecule has 5 nitrogen and oxygen atoms in total. The number of carbonyl (C=O) groups excluding carboxylic acids is 1. The van der Waals surface area contributed by atoms with Gasteiger partial charge in [0, 0.05) is 11.9 Å². The lowest BCUT2D eigenvalue weighted by Gasteiger charge is -2.30. The topological polar surface area (TPSA) is 54.5 Å². The van der Waals surface area contributed by atoms with E-state index < -0.39 is 0 Å². The number of methoxy groups -OCH3 is 1. The first-order valence-electron chi connectivity index (χ1n) is 7.31. The van der Waals surface area contributed by atoms with E-state index in [1.807, 2.05) is 24.4 Å². The fourth-order valence-corrected chi connectivity index (χ4v) is 3.35. The van der Waals surface area contributed by atoms with Crippen LogP contribution in [0.15, 0.2) is 23.6 Å². The second-order valence-electron chi connectivity index (χ2n) is 5.24. The van der Waals surface area contributed by atoms with Crippen LogP contribution in [-0.4, -0.2) is 24.7 Å². The van der Waals surface area contributed by atoms with Gasteiger partial charge in [-0.25, -0.2) is 9.78 Å². The van der Waals surface area contributed by atoms with Gasteiger partial charge in [-0.2, -0.15) is 0 Å². The zero-order valence-electron chi connectivity index (χ0n) is 12.8. The van der Waals surface area contributed by atoms with Gasteiger partial charge in [0.1, 0.15) is 5.75 Å². The Kier molecular flexibility index (Phi) is 4.29. The van der Waals surface area contributed by atoms with Crippen molar-refractivity contribution in [3.8, 4) is 5.75 Å². The number of thiazole rings is 1. The Labute approximate surface area is 133 Å². The van der Waals surface area contributed by atoms with Gasteiger partial charge in [0.15, 0.2) is 0 Å².